The van der Waals surface area contributed by atoms with Crippen LogP contribution in [0.25, 0.3) is 0 Å². The van der Waals surface area contributed by atoms with E-state index in [1.165, 1.54) is 0 Å². The van der Waals surface area contributed by atoms with Gasteiger partial charge in [-0.2, -0.15) is 0 Å². The third-order valence-electron chi connectivity index (χ3n) is 2.56. The molecule has 1 aromatic carbocycles. The molecule has 1 unspecified atom stereocenters. The average Bonchev–Trinajstić information content (AvgIpc) is 2.35. The first-order valence-electron chi connectivity index (χ1n) is 5.78. The standard InChI is InChI=1S/C13H19NO4/c1-18-9-12(8-15)14-7-11-4-2-10(3-5-11)6-13(16)17/h2-5,12,14-15H,6-9H2,1H3,(H,16,17). The fourth-order valence-corrected chi connectivity index (χ4v) is 1.59. The van der Waals surface area contributed by atoms with Gasteiger partial charge in [0.2, 0.25) is 0 Å². The third kappa shape index (κ3) is 5.27. The normalized spacial score (nSPS) is 12.3. The Labute approximate surface area is 106 Å². The number of aliphatic hydroxyl groups is 1. The maximum absolute atomic E-state index is 10.5. The Balaban J connectivity index is 2.45. The minimum atomic E-state index is -0.832. The summed E-state index contributed by atoms with van der Waals surface area (Å²) >= 11 is 0. The Kier molecular flexibility index (Phi) is 6.35. The summed E-state index contributed by atoms with van der Waals surface area (Å²) < 4.78 is 4.96. The quantitative estimate of drug-likeness (QED) is 0.625. The molecule has 5 nitrogen and oxygen atoms in total. The Morgan fingerprint density at radius 2 is 1.94 bits per heavy atom. The smallest absolute Gasteiger partial charge is 0.307 e. The van der Waals surface area contributed by atoms with Crippen LogP contribution in [0.15, 0.2) is 24.3 Å². The first kappa shape index (κ1) is 14.6. The molecule has 1 atom stereocenters. The maximum atomic E-state index is 10.5. The molecular weight excluding hydrogens is 234 g/mol. The van der Waals surface area contributed by atoms with Gasteiger partial charge in [-0.3, -0.25) is 4.79 Å². The number of rotatable bonds is 8. The number of aliphatic carboxylic acids is 1. The maximum Gasteiger partial charge on any atom is 0.307 e. The molecule has 0 aliphatic rings. The van der Waals surface area contributed by atoms with Gasteiger partial charge in [-0.15, -0.1) is 0 Å². The highest BCUT2D eigenvalue weighted by atomic mass is 16.5. The second-order valence-electron chi connectivity index (χ2n) is 4.10. The summed E-state index contributed by atoms with van der Waals surface area (Å²) in [4.78, 5) is 10.5. The number of hydrogen-bond acceptors (Lipinski definition) is 4. The number of hydrogen-bond donors (Lipinski definition) is 3. The van der Waals surface area contributed by atoms with Gasteiger partial charge in [-0.05, 0) is 11.1 Å². The molecule has 0 aliphatic heterocycles. The van der Waals surface area contributed by atoms with E-state index < -0.39 is 5.97 Å². The number of ether oxygens (including phenoxy) is 1. The molecule has 0 radical (unpaired) electrons. The molecule has 3 N–H and O–H groups in total. The molecule has 0 fully saturated rings. The number of benzene rings is 1. The van der Waals surface area contributed by atoms with Crippen LogP contribution in [0.1, 0.15) is 11.1 Å². The van der Waals surface area contributed by atoms with E-state index >= 15 is 0 Å². The van der Waals surface area contributed by atoms with Crippen LogP contribution in [0, 0.1) is 0 Å². The largest absolute Gasteiger partial charge is 0.481 e. The minimum Gasteiger partial charge on any atom is -0.481 e. The Bertz CT molecular complexity index is 364. The van der Waals surface area contributed by atoms with Crippen LogP contribution in [0.2, 0.25) is 0 Å². The van der Waals surface area contributed by atoms with Crippen LogP contribution in [-0.2, 0) is 22.5 Å². The van der Waals surface area contributed by atoms with Gasteiger partial charge < -0.3 is 20.3 Å². The summed E-state index contributed by atoms with van der Waals surface area (Å²) in [6.45, 7) is 1.08. The van der Waals surface area contributed by atoms with E-state index in [9.17, 15) is 4.79 Å². The van der Waals surface area contributed by atoms with Gasteiger partial charge >= 0.3 is 5.97 Å². The number of methoxy groups -OCH3 is 1. The number of carboxylic acid groups (broad SMARTS) is 1. The fourth-order valence-electron chi connectivity index (χ4n) is 1.59. The van der Waals surface area contributed by atoms with Crippen LogP contribution in [0.5, 0.6) is 0 Å². The third-order valence-corrected chi connectivity index (χ3v) is 2.56. The summed E-state index contributed by atoms with van der Waals surface area (Å²) in [5, 5.41) is 20.9. The van der Waals surface area contributed by atoms with Crippen molar-refractivity contribution in [2.24, 2.45) is 0 Å². The lowest BCUT2D eigenvalue weighted by Gasteiger charge is -2.15. The fraction of sp³-hybridized carbons (Fsp3) is 0.462. The molecule has 100 valence electrons. The van der Waals surface area contributed by atoms with Gasteiger partial charge in [0.25, 0.3) is 0 Å². The van der Waals surface area contributed by atoms with Crippen LogP contribution in [-0.4, -0.2) is 42.5 Å². The summed E-state index contributed by atoms with van der Waals surface area (Å²) in [6, 6.07) is 7.28. The first-order chi connectivity index (χ1) is 8.65. The van der Waals surface area contributed by atoms with Crippen molar-refractivity contribution in [3.63, 3.8) is 0 Å². The van der Waals surface area contributed by atoms with Crippen molar-refractivity contribution in [3.05, 3.63) is 35.4 Å². The van der Waals surface area contributed by atoms with Crippen molar-refractivity contribution in [1.82, 2.24) is 5.32 Å². The predicted molar refractivity (Wildman–Crippen MR) is 67.4 cm³/mol. The molecular formula is C13H19NO4. The molecule has 0 heterocycles. The van der Waals surface area contributed by atoms with E-state index in [-0.39, 0.29) is 19.1 Å². The molecule has 0 aliphatic carbocycles. The van der Waals surface area contributed by atoms with Gasteiger partial charge in [0.05, 0.1) is 25.7 Å². The number of carboxylic acids is 1. The molecule has 5 heteroatoms. The van der Waals surface area contributed by atoms with Gasteiger partial charge in [0, 0.05) is 13.7 Å². The lowest BCUT2D eigenvalue weighted by molar-refractivity contribution is -0.136. The van der Waals surface area contributed by atoms with Crippen molar-refractivity contribution >= 4 is 5.97 Å². The highest BCUT2D eigenvalue weighted by Gasteiger charge is 2.06. The lowest BCUT2D eigenvalue weighted by Crippen LogP contribution is -2.35. The molecule has 0 amide bonds. The first-order valence-corrected chi connectivity index (χ1v) is 5.78. The zero-order valence-corrected chi connectivity index (χ0v) is 10.4. The molecule has 18 heavy (non-hydrogen) atoms. The number of carbonyl (C=O) groups is 1. The minimum absolute atomic E-state index is 0.0188. The summed E-state index contributed by atoms with van der Waals surface area (Å²) in [5.41, 5.74) is 1.82. The number of aliphatic hydroxyl groups excluding tert-OH is 1. The highest BCUT2D eigenvalue weighted by Crippen LogP contribution is 2.05. The van der Waals surface area contributed by atoms with Gasteiger partial charge in [0.1, 0.15) is 0 Å². The monoisotopic (exact) mass is 253 g/mol. The second-order valence-corrected chi connectivity index (χ2v) is 4.10. The lowest BCUT2D eigenvalue weighted by atomic mass is 10.1. The summed E-state index contributed by atoms with van der Waals surface area (Å²) in [5.74, 6) is -0.832. The Morgan fingerprint density at radius 3 is 2.44 bits per heavy atom. The molecule has 0 aromatic heterocycles. The Morgan fingerprint density at radius 1 is 1.33 bits per heavy atom. The molecule has 0 spiro atoms. The van der Waals surface area contributed by atoms with Gasteiger partial charge in [0.15, 0.2) is 0 Å². The summed E-state index contributed by atoms with van der Waals surface area (Å²) in [7, 11) is 1.59. The molecule has 0 bridgehead atoms. The van der Waals surface area contributed by atoms with Crippen molar-refractivity contribution in [3.8, 4) is 0 Å². The zero-order chi connectivity index (χ0) is 13.4. The Hall–Kier alpha value is -1.43. The van der Waals surface area contributed by atoms with E-state index in [1.54, 1.807) is 19.2 Å². The molecule has 0 saturated heterocycles. The van der Waals surface area contributed by atoms with E-state index in [1.807, 2.05) is 12.1 Å². The number of nitrogens with one attached hydrogen (secondary N) is 1. The van der Waals surface area contributed by atoms with Crippen molar-refractivity contribution in [2.75, 3.05) is 20.3 Å². The zero-order valence-electron chi connectivity index (χ0n) is 10.4. The second kappa shape index (κ2) is 7.81. The van der Waals surface area contributed by atoms with Crippen LogP contribution >= 0.6 is 0 Å². The van der Waals surface area contributed by atoms with Gasteiger partial charge in [-0.25, -0.2) is 0 Å². The molecule has 1 aromatic rings. The molecule has 1 rings (SSSR count). The van der Waals surface area contributed by atoms with E-state index in [0.29, 0.717) is 13.2 Å². The van der Waals surface area contributed by atoms with E-state index in [0.717, 1.165) is 11.1 Å². The topological polar surface area (TPSA) is 78.8 Å². The van der Waals surface area contributed by atoms with Crippen LogP contribution in [0.4, 0.5) is 0 Å². The van der Waals surface area contributed by atoms with Crippen molar-refractivity contribution < 1.29 is 19.7 Å². The van der Waals surface area contributed by atoms with E-state index in [2.05, 4.69) is 5.32 Å². The van der Waals surface area contributed by atoms with Gasteiger partial charge in [-0.1, -0.05) is 24.3 Å². The molecule has 0 saturated carbocycles. The van der Waals surface area contributed by atoms with Crippen molar-refractivity contribution in [2.45, 2.75) is 19.0 Å². The van der Waals surface area contributed by atoms with Crippen molar-refractivity contribution in [1.29, 1.82) is 0 Å². The predicted octanol–water partition coefficient (Wildman–Crippen LogP) is 0.411. The highest BCUT2D eigenvalue weighted by molar-refractivity contribution is 5.70. The summed E-state index contributed by atoms with van der Waals surface area (Å²) in [6.07, 6.45) is 0.0383. The average molecular weight is 253 g/mol. The SMILES string of the molecule is COCC(CO)NCc1ccc(CC(=O)O)cc1. The van der Waals surface area contributed by atoms with Crippen LogP contribution in [0.3, 0.4) is 0 Å². The van der Waals surface area contributed by atoms with Crippen LogP contribution < -0.4 is 5.32 Å². The van der Waals surface area contributed by atoms with E-state index in [4.69, 9.17) is 14.9 Å².